The summed E-state index contributed by atoms with van der Waals surface area (Å²) < 4.78 is 11.2. The van der Waals surface area contributed by atoms with Gasteiger partial charge in [0.25, 0.3) is 0 Å². The van der Waals surface area contributed by atoms with E-state index in [9.17, 15) is 4.79 Å². The average molecular weight is 355 g/mol. The monoisotopic (exact) mass is 355 g/mol. The third-order valence-corrected chi connectivity index (χ3v) is 5.83. The smallest absolute Gasteiger partial charge is 0.239 e. The fraction of sp³-hybridized carbons (Fsp3) is 0.550. The summed E-state index contributed by atoms with van der Waals surface area (Å²) in [6, 6.07) is 10.1. The van der Waals surface area contributed by atoms with Crippen LogP contribution in [0.5, 0.6) is 0 Å². The van der Waals surface area contributed by atoms with Crippen LogP contribution in [0, 0.1) is 12.3 Å². The largest absolute Gasteiger partial charge is 0.423 e. The van der Waals surface area contributed by atoms with Gasteiger partial charge in [0, 0.05) is 27.0 Å². The van der Waals surface area contributed by atoms with Crippen molar-refractivity contribution < 1.29 is 13.9 Å². The zero-order valence-corrected chi connectivity index (χ0v) is 15.4. The van der Waals surface area contributed by atoms with E-state index in [1.807, 2.05) is 23.1 Å². The van der Waals surface area contributed by atoms with Crippen LogP contribution in [0.3, 0.4) is 0 Å². The molecule has 6 heteroatoms. The van der Waals surface area contributed by atoms with Crippen LogP contribution in [0.2, 0.25) is 0 Å². The minimum Gasteiger partial charge on any atom is -0.423 e. The predicted molar refractivity (Wildman–Crippen MR) is 95.3 cm³/mol. The number of likely N-dealkylation sites (tertiary alicyclic amines) is 1. The molecule has 2 aromatic rings. The molecular weight excluding hydrogens is 330 g/mol. The minimum absolute atomic E-state index is 0.00464. The number of hydrogen-bond acceptors (Lipinski definition) is 5. The predicted octanol–water partition coefficient (Wildman–Crippen LogP) is 3.08. The molecule has 0 radical (unpaired) electrons. The molecule has 0 unspecified atom stereocenters. The van der Waals surface area contributed by atoms with Crippen LogP contribution >= 0.6 is 0 Å². The van der Waals surface area contributed by atoms with Gasteiger partial charge in [0.05, 0.1) is 11.5 Å². The number of nitrogens with zero attached hydrogens (tertiary/aromatic N) is 3. The van der Waals surface area contributed by atoms with Crippen LogP contribution in [0.25, 0.3) is 0 Å². The van der Waals surface area contributed by atoms with Gasteiger partial charge in [0.1, 0.15) is 6.04 Å². The first kappa shape index (κ1) is 17.2. The first-order chi connectivity index (χ1) is 12.6. The summed E-state index contributed by atoms with van der Waals surface area (Å²) in [7, 11) is 1.69. The molecule has 1 aliphatic heterocycles. The Morgan fingerprint density at radius 3 is 2.65 bits per heavy atom. The lowest BCUT2D eigenvalue weighted by Crippen LogP contribution is -2.49. The molecule has 4 rings (SSSR count). The standard InChI is InChI=1S/C20H25N3O3/c1-14-21-22-18(26-14)17-11-16(25-2)13-23(17)19(24)20(9-6-10-20)12-15-7-4-3-5-8-15/h3-5,7-8,16-17H,6,9-13H2,1-2H3/t16-,17+/m0/s1. The summed E-state index contributed by atoms with van der Waals surface area (Å²) in [5.74, 6) is 1.24. The van der Waals surface area contributed by atoms with Gasteiger partial charge in [0.15, 0.2) is 0 Å². The van der Waals surface area contributed by atoms with Gasteiger partial charge in [-0.3, -0.25) is 4.79 Å². The van der Waals surface area contributed by atoms with Gasteiger partial charge in [-0.1, -0.05) is 36.8 Å². The van der Waals surface area contributed by atoms with E-state index in [1.165, 1.54) is 5.56 Å². The van der Waals surface area contributed by atoms with E-state index >= 15 is 0 Å². The molecule has 1 saturated carbocycles. The summed E-state index contributed by atoms with van der Waals surface area (Å²) in [6.07, 6.45) is 4.46. The molecule has 1 saturated heterocycles. The lowest BCUT2D eigenvalue weighted by Gasteiger charge is -2.44. The Morgan fingerprint density at radius 2 is 2.08 bits per heavy atom. The van der Waals surface area contributed by atoms with Crippen molar-refractivity contribution in [2.24, 2.45) is 5.41 Å². The maximum Gasteiger partial charge on any atom is 0.239 e. The maximum absolute atomic E-state index is 13.6. The second-order valence-electron chi connectivity index (χ2n) is 7.52. The normalized spacial score (nSPS) is 24.5. The van der Waals surface area contributed by atoms with Crippen LogP contribution in [-0.2, 0) is 16.0 Å². The van der Waals surface area contributed by atoms with Crippen molar-refractivity contribution >= 4 is 5.91 Å². The topological polar surface area (TPSA) is 68.5 Å². The maximum atomic E-state index is 13.6. The fourth-order valence-electron chi connectivity index (χ4n) is 4.23. The molecule has 26 heavy (non-hydrogen) atoms. The summed E-state index contributed by atoms with van der Waals surface area (Å²) in [5, 5.41) is 8.12. The van der Waals surface area contributed by atoms with E-state index < -0.39 is 0 Å². The molecule has 2 heterocycles. The summed E-state index contributed by atoms with van der Waals surface area (Å²) in [4.78, 5) is 15.5. The zero-order valence-electron chi connectivity index (χ0n) is 15.4. The van der Waals surface area contributed by atoms with E-state index in [1.54, 1.807) is 14.0 Å². The van der Waals surface area contributed by atoms with Gasteiger partial charge in [-0.2, -0.15) is 0 Å². The highest BCUT2D eigenvalue weighted by atomic mass is 16.5. The van der Waals surface area contributed by atoms with Crippen LogP contribution in [0.1, 0.15) is 49.1 Å². The molecule has 1 amide bonds. The van der Waals surface area contributed by atoms with Gasteiger partial charge in [-0.15, -0.1) is 10.2 Å². The van der Waals surface area contributed by atoms with Crippen molar-refractivity contribution in [1.82, 2.24) is 15.1 Å². The summed E-state index contributed by atoms with van der Waals surface area (Å²) in [5.41, 5.74) is 0.908. The number of benzene rings is 1. The molecule has 1 aromatic heterocycles. The van der Waals surface area contributed by atoms with Gasteiger partial charge in [0.2, 0.25) is 17.7 Å². The van der Waals surface area contributed by atoms with Gasteiger partial charge >= 0.3 is 0 Å². The molecule has 2 atom stereocenters. The Morgan fingerprint density at radius 1 is 1.31 bits per heavy atom. The summed E-state index contributed by atoms with van der Waals surface area (Å²) >= 11 is 0. The quantitative estimate of drug-likeness (QED) is 0.824. The highest BCUT2D eigenvalue weighted by Gasteiger charge is 2.50. The number of amides is 1. The van der Waals surface area contributed by atoms with Crippen molar-refractivity contribution in [3.8, 4) is 0 Å². The van der Waals surface area contributed by atoms with Gasteiger partial charge in [-0.05, 0) is 24.8 Å². The van der Waals surface area contributed by atoms with Crippen LogP contribution in [-0.4, -0.2) is 40.8 Å². The van der Waals surface area contributed by atoms with Crippen molar-refractivity contribution in [3.05, 3.63) is 47.7 Å². The zero-order chi connectivity index (χ0) is 18.1. The Hall–Kier alpha value is -2.21. The Kier molecular flexibility index (Phi) is 4.53. The second kappa shape index (κ2) is 6.83. The van der Waals surface area contributed by atoms with Crippen molar-refractivity contribution in [1.29, 1.82) is 0 Å². The number of aromatic nitrogens is 2. The van der Waals surface area contributed by atoms with Crippen LogP contribution in [0.4, 0.5) is 0 Å². The molecule has 1 aliphatic carbocycles. The molecular formula is C20H25N3O3. The first-order valence-electron chi connectivity index (χ1n) is 9.29. The van der Waals surface area contributed by atoms with Crippen molar-refractivity contribution in [2.45, 2.75) is 51.2 Å². The molecule has 2 fully saturated rings. The van der Waals surface area contributed by atoms with E-state index in [0.29, 0.717) is 24.7 Å². The Balaban J connectivity index is 1.59. The number of carbonyl (C=O) groups excluding carboxylic acids is 1. The lowest BCUT2D eigenvalue weighted by atomic mass is 9.64. The number of carbonyl (C=O) groups is 1. The van der Waals surface area contributed by atoms with Crippen LogP contribution in [0.15, 0.2) is 34.7 Å². The summed E-state index contributed by atoms with van der Waals surface area (Å²) in [6.45, 7) is 2.35. The van der Waals surface area contributed by atoms with Crippen molar-refractivity contribution in [2.75, 3.05) is 13.7 Å². The molecule has 6 nitrogen and oxygen atoms in total. The Labute approximate surface area is 153 Å². The van der Waals surface area contributed by atoms with Crippen LogP contribution < -0.4 is 0 Å². The number of rotatable bonds is 5. The molecule has 2 aliphatic rings. The number of methoxy groups -OCH3 is 1. The SMILES string of the molecule is CO[C@H]1C[C@H](c2nnc(C)o2)N(C(=O)C2(Cc3ccccc3)CCC2)C1. The molecule has 138 valence electrons. The lowest BCUT2D eigenvalue weighted by molar-refractivity contribution is -0.149. The second-order valence-corrected chi connectivity index (χ2v) is 7.52. The van der Waals surface area contributed by atoms with E-state index in [2.05, 4.69) is 22.3 Å². The fourth-order valence-corrected chi connectivity index (χ4v) is 4.23. The number of ether oxygens (including phenoxy) is 1. The third kappa shape index (κ3) is 3.03. The number of hydrogen-bond donors (Lipinski definition) is 0. The van der Waals surface area contributed by atoms with Gasteiger partial charge in [-0.25, -0.2) is 0 Å². The average Bonchev–Trinajstić information content (AvgIpc) is 3.24. The molecule has 0 N–H and O–H groups in total. The van der Waals surface area contributed by atoms with E-state index in [-0.39, 0.29) is 23.5 Å². The van der Waals surface area contributed by atoms with E-state index in [0.717, 1.165) is 25.7 Å². The third-order valence-electron chi connectivity index (χ3n) is 5.83. The first-order valence-corrected chi connectivity index (χ1v) is 9.29. The minimum atomic E-state index is -0.308. The van der Waals surface area contributed by atoms with Crippen molar-refractivity contribution in [3.63, 3.8) is 0 Å². The molecule has 0 spiro atoms. The molecule has 1 aromatic carbocycles. The highest BCUT2D eigenvalue weighted by Crippen LogP contribution is 2.48. The Bertz CT molecular complexity index is 770. The molecule has 0 bridgehead atoms. The van der Waals surface area contributed by atoms with Gasteiger partial charge < -0.3 is 14.1 Å². The highest BCUT2D eigenvalue weighted by molar-refractivity contribution is 5.84. The van der Waals surface area contributed by atoms with E-state index in [4.69, 9.17) is 9.15 Å². The number of aryl methyl sites for hydroxylation is 1.